The van der Waals surface area contributed by atoms with Crippen LogP contribution in [0, 0.1) is 0 Å². The smallest absolute Gasteiger partial charge is 0.790 e. The normalized spacial score (nSPS) is 15.3. The molecule has 0 heterocycles. The van der Waals surface area contributed by atoms with Crippen molar-refractivity contribution in [3.8, 4) is 0 Å². The fraction of sp³-hybridized carbons (Fsp3) is 1.00. The first-order valence-electron chi connectivity index (χ1n) is 3.93. The van der Waals surface area contributed by atoms with Gasteiger partial charge in [0.2, 0.25) is 0 Å². The van der Waals surface area contributed by atoms with Crippen LogP contribution in [0.15, 0.2) is 0 Å². The summed E-state index contributed by atoms with van der Waals surface area (Å²) in [5, 5.41) is 9.45. The van der Waals surface area contributed by atoms with E-state index in [-0.39, 0.29) is 29.6 Å². The molecule has 0 amide bonds. The number of rotatable bonds is 5. The quantitative estimate of drug-likeness (QED) is 0.331. The Kier molecular flexibility index (Phi) is 10.7. The summed E-state index contributed by atoms with van der Waals surface area (Å²) in [6.45, 7) is 3.97. The third kappa shape index (κ3) is 9.22. The van der Waals surface area contributed by atoms with E-state index < -0.39 is 5.60 Å². The van der Waals surface area contributed by atoms with Crippen LogP contribution in [0.3, 0.4) is 0 Å². The molecule has 0 aromatic heterocycles. The molecule has 3 heteroatoms. The molecule has 0 aliphatic rings. The van der Waals surface area contributed by atoms with Crippen molar-refractivity contribution in [2.45, 2.75) is 45.1 Å². The number of hydrogen-bond acceptors (Lipinski definition) is 2. The van der Waals surface area contributed by atoms with E-state index in [4.69, 9.17) is 12.6 Å². The fourth-order valence-corrected chi connectivity index (χ4v) is 0.972. The first-order valence-corrected chi connectivity index (χ1v) is 4.50. The van der Waals surface area contributed by atoms with E-state index in [1.54, 1.807) is 0 Å². The maximum Gasteiger partial charge on any atom is 1.00 e. The van der Waals surface area contributed by atoms with Crippen molar-refractivity contribution < 1.29 is 34.7 Å². The van der Waals surface area contributed by atoms with Crippen molar-refractivity contribution in [2.24, 2.45) is 0 Å². The van der Waals surface area contributed by atoms with E-state index in [2.05, 4.69) is 6.92 Å². The molecule has 1 unspecified atom stereocenters. The van der Waals surface area contributed by atoms with Gasteiger partial charge in [-0.05, 0) is 13.3 Å². The molecule has 1 N–H and O–H groups in total. The van der Waals surface area contributed by atoms with E-state index in [1.165, 1.54) is 12.8 Å². The van der Waals surface area contributed by atoms with Crippen LogP contribution in [0.4, 0.5) is 0 Å². The molecule has 0 bridgehead atoms. The third-order valence-electron chi connectivity index (χ3n) is 1.63. The topological polar surface area (TPSA) is 20.2 Å². The average molecular weight is 184 g/mol. The van der Waals surface area contributed by atoms with E-state index in [0.717, 1.165) is 12.8 Å². The first kappa shape index (κ1) is 14.8. The van der Waals surface area contributed by atoms with Crippen molar-refractivity contribution in [3.05, 3.63) is 0 Å². The molecule has 0 aliphatic carbocycles. The zero-order chi connectivity index (χ0) is 8.04. The molecule has 11 heavy (non-hydrogen) atoms. The van der Waals surface area contributed by atoms with Gasteiger partial charge in [-0.1, -0.05) is 26.2 Å². The Labute approximate surface area is 97.7 Å². The molecule has 0 radical (unpaired) electrons. The molecule has 1 atom stereocenters. The van der Waals surface area contributed by atoms with Crippen molar-refractivity contribution in [3.63, 3.8) is 0 Å². The molecule has 0 rings (SSSR count). The van der Waals surface area contributed by atoms with Crippen LogP contribution >= 0.6 is 0 Å². The molecule has 0 aromatic carbocycles. The van der Waals surface area contributed by atoms with Gasteiger partial charge >= 0.3 is 29.6 Å². The molecule has 0 aliphatic heterocycles. The Morgan fingerprint density at radius 3 is 2.27 bits per heavy atom. The molecular formula is C8H17NaOS. The van der Waals surface area contributed by atoms with Gasteiger partial charge in [0, 0.05) is 5.60 Å². The summed E-state index contributed by atoms with van der Waals surface area (Å²) >= 11 is 4.79. The van der Waals surface area contributed by atoms with Gasteiger partial charge in [-0.15, -0.1) is 5.75 Å². The van der Waals surface area contributed by atoms with Gasteiger partial charge in [0.15, 0.2) is 0 Å². The minimum atomic E-state index is -0.593. The minimum Gasteiger partial charge on any atom is -0.790 e. The van der Waals surface area contributed by atoms with Crippen LogP contribution in [-0.2, 0) is 12.6 Å². The Hall–Kier alpha value is 1.31. The van der Waals surface area contributed by atoms with Gasteiger partial charge in [-0.25, -0.2) is 0 Å². The Balaban J connectivity index is 0. The number of unbranched alkanes of at least 4 members (excludes halogenated alkanes) is 2. The summed E-state index contributed by atoms with van der Waals surface area (Å²) in [7, 11) is 0. The van der Waals surface area contributed by atoms with E-state index >= 15 is 0 Å². The van der Waals surface area contributed by atoms with Gasteiger partial charge in [-0.3, -0.25) is 0 Å². The maximum absolute atomic E-state index is 9.45. The van der Waals surface area contributed by atoms with Crippen molar-refractivity contribution in [1.29, 1.82) is 0 Å². The largest absolute Gasteiger partial charge is 1.00 e. The molecule has 1 nitrogen and oxygen atoms in total. The van der Waals surface area contributed by atoms with E-state index in [0.29, 0.717) is 5.75 Å². The number of aliphatic hydroxyl groups is 1. The van der Waals surface area contributed by atoms with Crippen molar-refractivity contribution >= 4 is 12.6 Å². The van der Waals surface area contributed by atoms with Crippen LogP contribution in [0.1, 0.15) is 39.5 Å². The summed E-state index contributed by atoms with van der Waals surface area (Å²) in [5.74, 6) is 0.455. The van der Waals surface area contributed by atoms with Crippen LogP contribution < -0.4 is 29.6 Å². The molecule has 62 valence electrons. The fourth-order valence-electron chi connectivity index (χ4n) is 0.828. The predicted octanol–water partition coefficient (Wildman–Crippen LogP) is -1.13. The second-order valence-electron chi connectivity index (χ2n) is 3.10. The molecular weight excluding hydrogens is 167 g/mol. The molecule has 0 spiro atoms. The predicted molar refractivity (Wildman–Crippen MR) is 47.0 cm³/mol. The van der Waals surface area contributed by atoms with Gasteiger partial charge in [0.25, 0.3) is 0 Å². The van der Waals surface area contributed by atoms with Crippen LogP contribution in [-0.4, -0.2) is 16.5 Å². The second kappa shape index (κ2) is 7.93. The van der Waals surface area contributed by atoms with Gasteiger partial charge in [0.05, 0.1) is 0 Å². The Morgan fingerprint density at radius 2 is 1.91 bits per heavy atom. The van der Waals surface area contributed by atoms with E-state index in [9.17, 15) is 5.11 Å². The summed E-state index contributed by atoms with van der Waals surface area (Å²) in [5.41, 5.74) is -0.593. The van der Waals surface area contributed by atoms with Crippen LogP contribution in [0.5, 0.6) is 0 Å². The van der Waals surface area contributed by atoms with Crippen molar-refractivity contribution in [1.82, 2.24) is 0 Å². The average Bonchev–Trinajstić information content (AvgIpc) is 1.89. The van der Waals surface area contributed by atoms with E-state index in [1.807, 2.05) is 6.92 Å². The molecule has 0 saturated heterocycles. The first-order chi connectivity index (χ1) is 4.62. The number of hydrogen-bond donors (Lipinski definition) is 1. The summed E-state index contributed by atoms with van der Waals surface area (Å²) in [4.78, 5) is 0. The zero-order valence-corrected chi connectivity index (χ0v) is 10.7. The minimum absolute atomic E-state index is 0. The monoisotopic (exact) mass is 184 g/mol. The standard InChI is InChI=1S/C8H18OS.Na/c1-3-4-5-6-8(2,9)7-10;/h9-10H,3-7H2,1-2H3;/q;+1/p-1. The van der Waals surface area contributed by atoms with Gasteiger partial charge in [0.1, 0.15) is 0 Å². The zero-order valence-electron chi connectivity index (χ0n) is 7.89. The summed E-state index contributed by atoms with van der Waals surface area (Å²) < 4.78 is 0. The Morgan fingerprint density at radius 1 is 1.36 bits per heavy atom. The van der Waals surface area contributed by atoms with Gasteiger partial charge in [-0.2, -0.15) is 0 Å². The molecule has 0 saturated carbocycles. The SMILES string of the molecule is CCCCCC(C)(O)C[S-].[Na+]. The second-order valence-corrected chi connectivity index (χ2v) is 3.39. The van der Waals surface area contributed by atoms with Crippen molar-refractivity contribution in [2.75, 3.05) is 5.75 Å². The molecule has 0 aromatic rings. The van der Waals surface area contributed by atoms with Crippen LogP contribution in [0.25, 0.3) is 0 Å². The third-order valence-corrected chi connectivity index (χ3v) is 2.25. The Bertz CT molecular complexity index is 86.2. The summed E-state index contributed by atoms with van der Waals surface area (Å²) in [6.07, 6.45) is 4.35. The summed E-state index contributed by atoms with van der Waals surface area (Å²) in [6, 6.07) is 0. The maximum atomic E-state index is 9.45. The van der Waals surface area contributed by atoms with Gasteiger partial charge < -0.3 is 17.7 Å². The molecule has 0 fully saturated rings. The van der Waals surface area contributed by atoms with Crippen LogP contribution in [0.2, 0.25) is 0 Å².